The quantitative estimate of drug-likeness (QED) is 0.881. The highest BCUT2D eigenvalue weighted by Gasteiger charge is 2.24. The van der Waals surface area contributed by atoms with Crippen molar-refractivity contribution in [3.8, 4) is 0 Å². The Hall–Kier alpha value is -2.23. The minimum Gasteiger partial charge on any atom is -0.459 e. The number of hydrogen-bond acceptors (Lipinski definition) is 3. The van der Waals surface area contributed by atoms with Crippen molar-refractivity contribution in [2.45, 2.75) is 19.3 Å². The molecule has 1 amide bonds. The van der Waals surface area contributed by atoms with E-state index in [0.717, 1.165) is 38.0 Å². The van der Waals surface area contributed by atoms with Crippen LogP contribution in [0.25, 0.3) is 0 Å². The molecular weight excluding hydrogens is 264 g/mol. The Morgan fingerprint density at radius 1 is 1.19 bits per heavy atom. The van der Waals surface area contributed by atoms with Gasteiger partial charge in [-0.2, -0.15) is 0 Å². The molecule has 1 aromatic carbocycles. The number of carbonyl (C=O) groups is 1. The molecule has 0 bridgehead atoms. The Balaban J connectivity index is 1.53. The van der Waals surface area contributed by atoms with Gasteiger partial charge in [-0.25, -0.2) is 0 Å². The van der Waals surface area contributed by atoms with Gasteiger partial charge in [-0.1, -0.05) is 12.1 Å². The lowest BCUT2D eigenvalue weighted by Gasteiger charge is -2.31. The Morgan fingerprint density at radius 3 is 2.52 bits per heavy atom. The van der Waals surface area contributed by atoms with Crippen LogP contribution in [0.3, 0.4) is 0 Å². The van der Waals surface area contributed by atoms with E-state index in [9.17, 15) is 4.79 Å². The molecule has 0 spiro atoms. The van der Waals surface area contributed by atoms with Crippen LogP contribution in [0, 0.1) is 5.92 Å². The molecule has 0 saturated carbocycles. The Kier molecular flexibility index (Phi) is 3.95. The van der Waals surface area contributed by atoms with E-state index in [1.54, 1.807) is 18.4 Å². The summed E-state index contributed by atoms with van der Waals surface area (Å²) in [5, 5.41) is 0. The van der Waals surface area contributed by atoms with Crippen molar-refractivity contribution >= 4 is 11.6 Å². The molecule has 3 rings (SSSR count). The zero-order valence-corrected chi connectivity index (χ0v) is 12.0. The van der Waals surface area contributed by atoms with Crippen LogP contribution in [0.5, 0.6) is 0 Å². The molecule has 110 valence electrons. The van der Waals surface area contributed by atoms with Crippen molar-refractivity contribution in [3.63, 3.8) is 0 Å². The van der Waals surface area contributed by atoms with E-state index in [1.807, 2.05) is 17.0 Å². The lowest BCUT2D eigenvalue weighted by Crippen LogP contribution is -2.38. The van der Waals surface area contributed by atoms with Crippen LogP contribution in [0.4, 0.5) is 5.69 Å². The second-order valence-electron chi connectivity index (χ2n) is 5.66. The predicted octanol–water partition coefficient (Wildman–Crippen LogP) is 2.96. The number of carbonyl (C=O) groups excluding carboxylic acids is 1. The highest BCUT2D eigenvalue weighted by molar-refractivity contribution is 5.91. The monoisotopic (exact) mass is 284 g/mol. The molecule has 4 heteroatoms. The molecule has 1 fully saturated rings. The molecule has 0 aliphatic carbocycles. The molecule has 2 N–H and O–H groups in total. The highest BCUT2D eigenvalue weighted by Crippen LogP contribution is 2.23. The van der Waals surface area contributed by atoms with Gasteiger partial charge >= 0.3 is 0 Å². The van der Waals surface area contributed by atoms with Crippen molar-refractivity contribution in [1.82, 2.24) is 4.90 Å². The van der Waals surface area contributed by atoms with E-state index in [0.29, 0.717) is 11.7 Å². The van der Waals surface area contributed by atoms with E-state index in [-0.39, 0.29) is 5.91 Å². The number of piperidine rings is 1. The van der Waals surface area contributed by atoms with Crippen LogP contribution < -0.4 is 5.73 Å². The summed E-state index contributed by atoms with van der Waals surface area (Å²) in [5.41, 5.74) is 7.83. The number of rotatable bonds is 3. The van der Waals surface area contributed by atoms with Gasteiger partial charge in [-0.15, -0.1) is 0 Å². The number of furan rings is 1. The SMILES string of the molecule is Nc1ccc(CC2CCN(C(=O)c3ccco3)CC2)cc1. The summed E-state index contributed by atoms with van der Waals surface area (Å²) in [5.74, 6) is 1.08. The second kappa shape index (κ2) is 6.04. The zero-order valence-electron chi connectivity index (χ0n) is 12.0. The third-order valence-electron chi connectivity index (χ3n) is 4.14. The van der Waals surface area contributed by atoms with Crippen molar-refractivity contribution in [1.29, 1.82) is 0 Å². The van der Waals surface area contributed by atoms with Gasteiger partial charge in [0.15, 0.2) is 5.76 Å². The van der Waals surface area contributed by atoms with E-state index in [2.05, 4.69) is 12.1 Å². The van der Waals surface area contributed by atoms with Gasteiger partial charge in [-0.3, -0.25) is 4.79 Å². The summed E-state index contributed by atoms with van der Waals surface area (Å²) >= 11 is 0. The molecule has 2 heterocycles. The first-order valence-electron chi connectivity index (χ1n) is 7.39. The highest BCUT2D eigenvalue weighted by atomic mass is 16.3. The number of hydrogen-bond donors (Lipinski definition) is 1. The van der Waals surface area contributed by atoms with E-state index < -0.39 is 0 Å². The van der Waals surface area contributed by atoms with Gasteiger partial charge in [0.25, 0.3) is 5.91 Å². The van der Waals surface area contributed by atoms with E-state index in [1.165, 1.54) is 5.56 Å². The molecule has 4 nitrogen and oxygen atoms in total. The number of amides is 1. The van der Waals surface area contributed by atoms with Crippen molar-refractivity contribution in [3.05, 3.63) is 54.0 Å². The topological polar surface area (TPSA) is 59.5 Å². The van der Waals surface area contributed by atoms with Crippen LogP contribution in [0.2, 0.25) is 0 Å². The Labute approximate surface area is 124 Å². The number of nitrogen functional groups attached to an aromatic ring is 1. The summed E-state index contributed by atoms with van der Waals surface area (Å²) in [6, 6.07) is 11.6. The third kappa shape index (κ3) is 3.27. The molecule has 1 aromatic heterocycles. The van der Waals surface area contributed by atoms with Crippen LogP contribution in [-0.2, 0) is 6.42 Å². The summed E-state index contributed by atoms with van der Waals surface area (Å²) < 4.78 is 5.18. The maximum absolute atomic E-state index is 12.2. The first kappa shape index (κ1) is 13.7. The summed E-state index contributed by atoms with van der Waals surface area (Å²) in [4.78, 5) is 14.1. The van der Waals surface area contributed by atoms with Crippen molar-refractivity contribution < 1.29 is 9.21 Å². The van der Waals surface area contributed by atoms with Crippen molar-refractivity contribution in [2.75, 3.05) is 18.8 Å². The van der Waals surface area contributed by atoms with Gasteiger partial charge < -0.3 is 15.1 Å². The van der Waals surface area contributed by atoms with Gasteiger partial charge in [0.1, 0.15) is 0 Å². The minimum atomic E-state index is 0.00550. The molecule has 1 saturated heterocycles. The van der Waals surface area contributed by atoms with Gasteiger partial charge in [-0.05, 0) is 55.0 Å². The molecule has 21 heavy (non-hydrogen) atoms. The smallest absolute Gasteiger partial charge is 0.289 e. The number of likely N-dealkylation sites (tertiary alicyclic amines) is 1. The number of anilines is 1. The second-order valence-corrected chi connectivity index (χ2v) is 5.66. The van der Waals surface area contributed by atoms with Crippen LogP contribution >= 0.6 is 0 Å². The first-order valence-corrected chi connectivity index (χ1v) is 7.39. The van der Waals surface area contributed by atoms with Crippen LogP contribution in [0.1, 0.15) is 29.0 Å². The number of benzene rings is 1. The van der Waals surface area contributed by atoms with Crippen LogP contribution in [-0.4, -0.2) is 23.9 Å². The van der Waals surface area contributed by atoms with E-state index >= 15 is 0 Å². The lowest BCUT2D eigenvalue weighted by atomic mass is 9.90. The predicted molar refractivity (Wildman–Crippen MR) is 81.9 cm³/mol. The largest absolute Gasteiger partial charge is 0.459 e. The van der Waals surface area contributed by atoms with Crippen LogP contribution in [0.15, 0.2) is 47.1 Å². The Bertz CT molecular complexity index is 582. The first-order chi connectivity index (χ1) is 10.2. The molecule has 1 aliphatic heterocycles. The van der Waals surface area contributed by atoms with Gasteiger partial charge in [0, 0.05) is 18.8 Å². The van der Waals surface area contributed by atoms with Crippen molar-refractivity contribution in [2.24, 2.45) is 5.92 Å². The normalized spacial score (nSPS) is 16.1. The Morgan fingerprint density at radius 2 is 1.90 bits per heavy atom. The summed E-state index contributed by atoms with van der Waals surface area (Å²) in [7, 11) is 0. The molecule has 0 radical (unpaired) electrons. The molecule has 0 atom stereocenters. The number of nitrogens with zero attached hydrogens (tertiary/aromatic N) is 1. The van der Waals surface area contributed by atoms with E-state index in [4.69, 9.17) is 10.2 Å². The molecule has 0 unspecified atom stereocenters. The maximum Gasteiger partial charge on any atom is 0.289 e. The maximum atomic E-state index is 12.2. The third-order valence-corrected chi connectivity index (χ3v) is 4.14. The standard InChI is InChI=1S/C17H20N2O2/c18-15-5-3-13(4-6-15)12-14-7-9-19(10-8-14)17(20)16-2-1-11-21-16/h1-6,11,14H,7-10,12,18H2. The number of nitrogens with two attached hydrogens (primary N) is 1. The molecule has 1 aliphatic rings. The lowest BCUT2D eigenvalue weighted by molar-refractivity contribution is 0.0658. The zero-order chi connectivity index (χ0) is 14.7. The van der Waals surface area contributed by atoms with Gasteiger partial charge in [0.05, 0.1) is 6.26 Å². The molecule has 2 aromatic rings. The average molecular weight is 284 g/mol. The summed E-state index contributed by atoms with van der Waals surface area (Å²) in [6.45, 7) is 1.61. The fraction of sp³-hybridized carbons (Fsp3) is 0.353. The average Bonchev–Trinajstić information content (AvgIpc) is 3.04. The molecular formula is C17H20N2O2. The minimum absolute atomic E-state index is 0.00550. The van der Waals surface area contributed by atoms with Gasteiger partial charge in [0.2, 0.25) is 0 Å². The fourth-order valence-electron chi connectivity index (χ4n) is 2.88. The summed E-state index contributed by atoms with van der Waals surface area (Å²) in [6.07, 6.45) is 4.68. The fourth-order valence-corrected chi connectivity index (χ4v) is 2.88.